The normalized spacial score (nSPS) is 12.2. The van der Waals surface area contributed by atoms with Gasteiger partial charge in [-0.3, -0.25) is 0 Å². The zero-order valence-corrected chi connectivity index (χ0v) is 15.9. The van der Waals surface area contributed by atoms with E-state index in [1.165, 1.54) is 10.4 Å². The first-order valence-corrected chi connectivity index (χ1v) is 8.77. The van der Waals surface area contributed by atoms with Crippen molar-refractivity contribution in [2.75, 3.05) is 5.32 Å². The van der Waals surface area contributed by atoms with E-state index in [0.29, 0.717) is 6.54 Å². The van der Waals surface area contributed by atoms with Gasteiger partial charge in [-0.05, 0) is 49.1 Å². The van der Waals surface area contributed by atoms with Crippen molar-refractivity contribution < 1.29 is 4.42 Å². The van der Waals surface area contributed by atoms with Crippen molar-refractivity contribution in [1.29, 1.82) is 0 Å². The Labute approximate surface area is 156 Å². The van der Waals surface area contributed by atoms with Crippen LogP contribution in [0.25, 0.3) is 10.2 Å². The van der Waals surface area contributed by atoms with Crippen LogP contribution >= 0.6 is 35.3 Å². The monoisotopic (exact) mass is 386 g/mol. The van der Waals surface area contributed by atoms with Gasteiger partial charge >= 0.3 is 0 Å². The number of hydrogen-bond acceptors (Lipinski definition) is 6. The quantitative estimate of drug-likeness (QED) is 0.612. The molecule has 1 atom stereocenters. The predicted molar refractivity (Wildman–Crippen MR) is 102 cm³/mol. The smallest absolute Gasteiger partial charge is 0.224 e. The van der Waals surface area contributed by atoms with E-state index in [2.05, 4.69) is 22.2 Å². The Bertz CT molecular complexity index is 802. The summed E-state index contributed by atoms with van der Waals surface area (Å²) in [5, 5.41) is 3.55. The number of furan rings is 1. The zero-order chi connectivity index (χ0) is 16.4. The molecule has 0 saturated carbocycles. The highest BCUT2D eigenvalue weighted by atomic mass is 35.5. The highest BCUT2D eigenvalue weighted by Gasteiger charge is 2.18. The van der Waals surface area contributed by atoms with Crippen LogP contribution in [-0.2, 0) is 19.4 Å². The third-order valence-electron chi connectivity index (χ3n) is 3.56. The van der Waals surface area contributed by atoms with Gasteiger partial charge in [-0.2, -0.15) is 4.98 Å². The molecule has 3 heterocycles. The number of fused-ring (bicyclic) bond motifs is 1. The molecule has 3 aromatic rings. The van der Waals surface area contributed by atoms with Crippen molar-refractivity contribution in [1.82, 2.24) is 9.97 Å². The number of nitrogens with one attached hydrogen (secondary N) is 1. The van der Waals surface area contributed by atoms with Crippen LogP contribution in [0.5, 0.6) is 0 Å². The Morgan fingerprint density at radius 1 is 1.42 bits per heavy atom. The van der Waals surface area contributed by atoms with Crippen LogP contribution in [0.4, 0.5) is 5.82 Å². The maximum absolute atomic E-state index is 6.12. The van der Waals surface area contributed by atoms with Crippen molar-refractivity contribution in [3.63, 3.8) is 0 Å². The lowest BCUT2D eigenvalue weighted by molar-refractivity contribution is 0.518. The fourth-order valence-corrected chi connectivity index (χ4v) is 4.17. The van der Waals surface area contributed by atoms with Crippen LogP contribution in [0.1, 0.15) is 30.0 Å². The number of thiophene rings is 1. The van der Waals surface area contributed by atoms with Crippen LogP contribution in [0, 0.1) is 0 Å². The third-order valence-corrected chi connectivity index (χ3v) is 4.98. The SMILES string of the molecule is CCc1c(C[C@H](C)N)sc2c(NCc3ccco3)nc(Cl)nc12.Cl. The van der Waals surface area contributed by atoms with Gasteiger partial charge in [0.15, 0.2) is 0 Å². The first kappa shape index (κ1) is 19.0. The molecule has 3 aromatic heterocycles. The van der Waals surface area contributed by atoms with E-state index in [4.69, 9.17) is 21.8 Å². The molecule has 0 saturated heterocycles. The topological polar surface area (TPSA) is 77.0 Å². The van der Waals surface area contributed by atoms with Gasteiger partial charge in [0.2, 0.25) is 5.28 Å². The Hall–Kier alpha value is -1.34. The number of nitrogens with two attached hydrogens (primary N) is 1. The Morgan fingerprint density at radius 2 is 2.21 bits per heavy atom. The van der Waals surface area contributed by atoms with E-state index in [1.54, 1.807) is 17.6 Å². The molecule has 0 aromatic carbocycles. The van der Waals surface area contributed by atoms with Gasteiger partial charge in [-0.1, -0.05) is 6.92 Å². The van der Waals surface area contributed by atoms with Crippen molar-refractivity contribution >= 4 is 51.4 Å². The van der Waals surface area contributed by atoms with Gasteiger partial charge in [0.1, 0.15) is 11.6 Å². The Kier molecular flexibility index (Phi) is 6.46. The lowest BCUT2D eigenvalue weighted by Crippen LogP contribution is -2.17. The molecular weight excluding hydrogens is 367 g/mol. The zero-order valence-electron chi connectivity index (χ0n) is 13.5. The van der Waals surface area contributed by atoms with E-state index in [1.807, 2.05) is 19.1 Å². The van der Waals surface area contributed by atoms with Crippen molar-refractivity contribution in [3.05, 3.63) is 39.9 Å². The minimum Gasteiger partial charge on any atom is -0.467 e. The molecule has 0 aliphatic carbocycles. The summed E-state index contributed by atoms with van der Waals surface area (Å²) in [6.45, 7) is 4.69. The van der Waals surface area contributed by atoms with Crippen LogP contribution in [0.3, 0.4) is 0 Å². The summed E-state index contributed by atoms with van der Waals surface area (Å²) in [7, 11) is 0. The fourth-order valence-electron chi connectivity index (χ4n) is 2.57. The molecule has 0 amide bonds. The Morgan fingerprint density at radius 3 is 2.83 bits per heavy atom. The molecule has 8 heteroatoms. The molecule has 0 aliphatic rings. The molecule has 0 radical (unpaired) electrons. The summed E-state index contributed by atoms with van der Waals surface area (Å²) < 4.78 is 6.37. The molecule has 0 spiro atoms. The predicted octanol–water partition coefficient (Wildman–Crippen LogP) is 4.42. The first-order valence-electron chi connectivity index (χ1n) is 7.58. The number of rotatable bonds is 6. The largest absolute Gasteiger partial charge is 0.467 e. The van der Waals surface area contributed by atoms with E-state index in [0.717, 1.165) is 34.6 Å². The fraction of sp³-hybridized carbons (Fsp3) is 0.375. The molecule has 130 valence electrons. The van der Waals surface area contributed by atoms with Gasteiger partial charge < -0.3 is 15.5 Å². The number of aryl methyl sites for hydroxylation is 1. The Balaban J connectivity index is 0.00000208. The minimum absolute atomic E-state index is 0. The van der Waals surface area contributed by atoms with E-state index >= 15 is 0 Å². The molecule has 5 nitrogen and oxygen atoms in total. The van der Waals surface area contributed by atoms with Gasteiger partial charge in [-0.25, -0.2) is 4.98 Å². The molecule has 0 fully saturated rings. The van der Waals surface area contributed by atoms with E-state index in [-0.39, 0.29) is 23.7 Å². The molecule has 3 N–H and O–H groups in total. The number of hydrogen-bond donors (Lipinski definition) is 2. The standard InChI is InChI=1S/C16H19ClN4OS.ClH/c1-3-11-12(7-9(2)18)23-14-13(11)20-16(17)21-15(14)19-8-10-5-4-6-22-10;/h4-6,9H,3,7-8,18H2,1-2H3,(H,19,20,21);1H/t9-;/m0./s1. The second kappa shape index (κ2) is 8.16. The van der Waals surface area contributed by atoms with E-state index in [9.17, 15) is 0 Å². The van der Waals surface area contributed by atoms with Crippen LogP contribution < -0.4 is 11.1 Å². The second-order valence-corrected chi connectivity index (χ2v) is 6.93. The van der Waals surface area contributed by atoms with Crippen LogP contribution in [-0.4, -0.2) is 16.0 Å². The summed E-state index contributed by atoms with van der Waals surface area (Å²) in [4.78, 5) is 10.0. The molecule has 0 unspecified atom stereocenters. The second-order valence-electron chi connectivity index (χ2n) is 5.49. The van der Waals surface area contributed by atoms with Gasteiger partial charge in [0.05, 0.1) is 23.0 Å². The maximum atomic E-state index is 6.12. The average molecular weight is 387 g/mol. The summed E-state index contributed by atoms with van der Waals surface area (Å²) in [6, 6.07) is 3.89. The van der Waals surface area contributed by atoms with E-state index < -0.39 is 0 Å². The van der Waals surface area contributed by atoms with Crippen molar-refractivity contribution in [2.24, 2.45) is 5.73 Å². The first-order chi connectivity index (χ1) is 11.1. The summed E-state index contributed by atoms with van der Waals surface area (Å²) in [5.74, 6) is 1.59. The number of halogens is 2. The van der Waals surface area contributed by atoms with Crippen molar-refractivity contribution in [3.8, 4) is 0 Å². The molecular formula is C16H20Cl2N4OS. The highest BCUT2D eigenvalue weighted by Crippen LogP contribution is 2.36. The molecule has 0 bridgehead atoms. The number of aromatic nitrogens is 2. The van der Waals surface area contributed by atoms with Gasteiger partial charge in [-0.15, -0.1) is 23.7 Å². The average Bonchev–Trinajstić information content (AvgIpc) is 3.11. The van der Waals surface area contributed by atoms with Crippen molar-refractivity contribution in [2.45, 2.75) is 39.3 Å². The minimum atomic E-state index is 0. The summed E-state index contributed by atoms with van der Waals surface area (Å²) in [5.41, 5.74) is 8.12. The lowest BCUT2D eigenvalue weighted by atomic mass is 10.1. The summed E-state index contributed by atoms with van der Waals surface area (Å²) >= 11 is 7.82. The van der Waals surface area contributed by atoms with Crippen LogP contribution in [0.15, 0.2) is 22.8 Å². The number of nitrogens with zero attached hydrogens (tertiary/aromatic N) is 2. The lowest BCUT2D eigenvalue weighted by Gasteiger charge is -2.05. The summed E-state index contributed by atoms with van der Waals surface area (Å²) in [6.07, 6.45) is 3.38. The van der Waals surface area contributed by atoms with Gasteiger partial charge in [0.25, 0.3) is 0 Å². The molecule has 24 heavy (non-hydrogen) atoms. The van der Waals surface area contributed by atoms with Crippen LogP contribution in [0.2, 0.25) is 5.28 Å². The molecule has 0 aliphatic heterocycles. The number of anilines is 1. The van der Waals surface area contributed by atoms with Gasteiger partial charge in [0, 0.05) is 10.9 Å². The highest BCUT2D eigenvalue weighted by molar-refractivity contribution is 7.19. The maximum Gasteiger partial charge on any atom is 0.224 e. The molecule has 3 rings (SSSR count). The third kappa shape index (κ3) is 4.00.